The van der Waals surface area contributed by atoms with Crippen molar-refractivity contribution in [2.75, 3.05) is 28.2 Å². The van der Waals surface area contributed by atoms with E-state index in [1.807, 2.05) is 0 Å². The largest absolute Gasteiger partial charge is 0.387 e. The van der Waals surface area contributed by atoms with E-state index in [0.717, 1.165) is 0 Å². The molecule has 6 aliphatic carbocycles. The average Bonchev–Trinajstić information content (AvgIpc) is 4.32. The number of nitrogens with zero attached hydrogens (tertiary/aromatic N) is 4. The van der Waals surface area contributed by atoms with E-state index < -0.39 is 121 Å². The van der Waals surface area contributed by atoms with Gasteiger partial charge in [0.25, 0.3) is 11.8 Å². The molecule has 16 bridgehead atoms. The van der Waals surface area contributed by atoms with Crippen molar-refractivity contribution in [3.05, 3.63) is 0 Å². The van der Waals surface area contributed by atoms with E-state index in [1.54, 1.807) is 23.9 Å². The molecule has 6 saturated carbocycles. The van der Waals surface area contributed by atoms with Crippen LogP contribution < -0.4 is 21.3 Å². The number of hydrogen-bond donors (Lipinski definition) is 10. The maximum absolute atomic E-state index is 14.0. The van der Waals surface area contributed by atoms with Crippen molar-refractivity contribution in [2.24, 2.45) is 35.5 Å². The second-order valence-corrected chi connectivity index (χ2v) is 24.5. The number of amides is 8. The summed E-state index contributed by atoms with van der Waals surface area (Å²) >= 11 is 0. The third-order valence-corrected chi connectivity index (χ3v) is 19.7. The Kier molecular flexibility index (Phi) is 18.1. The fourth-order valence-electron chi connectivity index (χ4n) is 14.5. The van der Waals surface area contributed by atoms with Gasteiger partial charge < -0.3 is 81.0 Å². The number of aliphatic hydroxyl groups excluding tert-OH is 6. The predicted molar refractivity (Wildman–Crippen MR) is 273 cm³/mol. The molecular formula is C54H84N8O16. The minimum Gasteiger partial charge on any atom is -0.387 e. The molecule has 0 aromatic heterocycles. The van der Waals surface area contributed by atoms with Crippen molar-refractivity contribution in [1.29, 1.82) is 0 Å². The van der Waals surface area contributed by atoms with Gasteiger partial charge >= 0.3 is 0 Å². The number of likely N-dealkylation sites (N-methyl/N-ethyl adjacent to an activating group) is 2. The molecular weight excluding hydrogens is 1020 g/mol. The highest BCUT2D eigenvalue weighted by molar-refractivity contribution is 5.86. The number of carbonyl (C=O) groups excluding carboxylic acids is 8. The summed E-state index contributed by atoms with van der Waals surface area (Å²) in [7, 11) is 6.46. The van der Waals surface area contributed by atoms with Gasteiger partial charge in [0.15, 0.2) is 24.7 Å². The minimum absolute atomic E-state index is 0.101. The molecule has 0 unspecified atom stereocenters. The number of nitrogens with one attached hydrogen (secondary N) is 4. The number of aliphatic hydroxyl groups is 6. The van der Waals surface area contributed by atoms with Crippen LogP contribution in [0.4, 0.5) is 0 Å². The average molecular weight is 1100 g/mol. The number of hydrogen-bond acceptors (Lipinski definition) is 16. The second-order valence-electron chi connectivity index (χ2n) is 24.5. The molecule has 0 aromatic rings. The molecule has 3 aliphatic heterocycles. The Morgan fingerprint density at radius 2 is 0.628 bits per heavy atom. The SMILES string of the molecule is CN1C(=O)[C@@H]2CCC[C@@H](C2)NC(=O)[C@H]2CC[C@H](C2)N(C)C(=O)[C@H]2O[C@@H](NC(=O)[C@H]3CC[C@H](C3)N(C)C(=O)[C@@H]3CCC[C@@H](C3)NC(=O)[C@H]3CC[C@H](C3)N(C)C(=O)[C@H]3O[C@@H](NC(=O)[C@H]4CC[C@@H]1C4)[C@H](O)[C@@H](O)[C@@H]3O)[C@H](O)[C@@H](O)[C@@H]2O. The first kappa shape index (κ1) is 58.1. The topological polar surface area (TPSA) is 337 Å². The van der Waals surface area contributed by atoms with Crippen LogP contribution in [-0.4, -0.2) is 223 Å². The van der Waals surface area contributed by atoms with E-state index in [9.17, 15) is 69.0 Å². The van der Waals surface area contributed by atoms with E-state index >= 15 is 0 Å². The van der Waals surface area contributed by atoms with Crippen LogP contribution in [0.1, 0.15) is 128 Å². The van der Waals surface area contributed by atoms with Gasteiger partial charge in [-0.05, 0) is 116 Å². The Hall–Kier alpha value is -4.56. The summed E-state index contributed by atoms with van der Waals surface area (Å²) in [5, 5.41) is 77.5. The normalized spacial score (nSPS) is 44.2. The Balaban J connectivity index is 0.881. The van der Waals surface area contributed by atoms with E-state index in [1.165, 1.54) is 23.9 Å². The molecule has 24 heteroatoms. The van der Waals surface area contributed by atoms with Crippen molar-refractivity contribution in [1.82, 2.24) is 40.9 Å². The second kappa shape index (κ2) is 24.3. The highest BCUT2D eigenvalue weighted by Crippen LogP contribution is 2.38. The molecule has 22 atom stereocenters. The molecule has 3 saturated heterocycles. The van der Waals surface area contributed by atoms with Crippen LogP contribution in [0.25, 0.3) is 0 Å². The van der Waals surface area contributed by atoms with Gasteiger partial charge in [-0.15, -0.1) is 0 Å². The summed E-state index contributed by atoms with van der Waals surface area (Å²) in [4.78, 5) is 117. The van der Waals surface area contributed by atoms with Crippen LogP contribution in [-0.2, 0) is 47.8 Å². The third kappa shape index (κ3) is 12.1. The van der Waals surface area contributed by atoms with Crippen molar-refractivity contribution in [3.63, 3.8) is 0 Å². The lowest BCUT2D eigenvalue weighted by molar-refractivity contribution is -0.231. The summed E-state index contributed by atoms with van der Waals surface area (Å²) < 4.78 is 11.8. The molecule has 24 nitrogen and oxygen atoms in total. The van der Waals surface area contributed by atoms with E-state index in [4.69, 9.17) is 9.47 Å². The number of carbonyl (C=O) groups is 8. The molecule has 0 spiro atoms. The maximum atomic E-state index is 14.0. The Morgan fingerprint density at radius 3 is 0.949 bits per heavy atom. The van der Waals surface area contributed by atoms with E-state index in [2.05, 4.69) is 21.3 Å². The first-order valence-corrected chi connectivity index (χ1v) is 28.8. The van der Waals surface area contributed by atoms with Crippen LogP contribution in [0, 0.1) is 35.5 Å². The summed E-state index contributed by atoms with van der Waals surface area (Å²) in [6, 6.07) is -2.00. The van der Waals surface area contributed by atoms with Crippen LogP contribution in [0.3, 0.4) is 0 Å². The van der Waals surface area contributed by atoms with Gasteiger partial charge in [-0.25, -0.2) is 0 Å². The van der Waals surface area contributed by atoms with Gasteiger partial charge in [0, 0.05) is 99.9 Å². The number of rotatable bonds is 0. The summed E-state index contributed by atoms with van der Waals surface area (Å²) in [5.74, 6) is -5.85. The quantitative estimate of drug-likeness (QED) is 0.122. The standard InChI is InChI=1S/C54H84N8O16/c1-59-33-15-13-27(23-33)47(71)57-49-41(67)37(63)39(65)43(77-49)53(75)62(4)36-18-12-26(22-36)46(70)56-32-10-6-8-30(20-32)52(74)60(2)34-16-14-28(24-34)48(72)58-50-42(68)38(64)40(66)44(78-50)54(76)61(3)35-17-11-25(21-35)45(69)55-31-9-5-7-29(19-31)51(59)73/h25-44,49-50,63-68H,5-24H2,1-4H3,(H,55,69)(H,56,70)(H,57,71)(H,58,72)/t25-,26-,27-,28-,29+,30+,31-,32-,33+,34+,35+,36+,37-,38-,39-,40-,41+,42+,43-,44-,49+,50+/m0/s1. The smallest absolute Gasteiger partial charge is 0.254 e. The van der Waals surface area contributed by atoms with Crippen molar-refractivity contribution < 1.29 is 78.5 Å². The van der Waals surface area contributed by atoms with Gasteiger partial charge in [-0.1, -0.05) is 12.8 Å². The zero-order valence-electron chi connectivity index (χ0n) is 45.4. The highest BCUT2D eigenvalue weighted by atomic mass is 16.6. The molecule has 3 heterocycles. The summed E-state index contributed by atoms with van der Waals surface area (Å²) in [6.45, 7) is 0. The molecule has 0 aromatic carbocycles. The molecule has 78 heavy (non-hydrogen) atoms. The lowest BCUT2D eigenvalue weighted by atomic mass is 9.84. The maximum Gasteiger partial charge on any atom is 0.254 e. The lowest BCUT2D eigenvalue weighted by Crippen LogP contribution is -2.66. The first-order valence-electron chi connectivity index (χ1n) is 28.8. The first-order chi connectivity index (χ1) is 37.1. The lowest BCUT2D eigenvalue weighted by Gasteiger charge is -2.42. The van der Waals surface area contributed by atoms with Crippen molar-refractivity contribution in [2.45, 2.75) is 226 Å². The number of ether oxygens (including phenoxy) is 2. The fraction of sp³-hybridized carbons (Fsp3) is 0.852. The van der Waals surface area contributed by atoms with Crippen molar-refractivity contribution >= 4 is 47.3 Å². The van der Waals surface area contributed by atoms with Gasteiger partial charge in [-0.2, -0.15) is 0 Å². The fourth-order valence-corrected chi connectivity index (χ4v) is 14.5. The molecule has 436 valence electrons. The predicted octanol–water partition coefficient (Wildman–Crippen LogP) is -2.29. The van der Waals surface area contributed by atoms with Crippen LogP contribution in [0.2, 0.25) is 0 Å². The van der Waals surface area contributed by atoms with Gasteiger partial charge in [0.2, 0.25) is 35.4 Å². The van der Waals surface area contributed by atoms with Crippen molar-refractivity contribution in [3.8, 4) is 0 Å². The molecule has 9 aliphatic rings. The van der Waals surface area contributed by atoms with Gasteiger partial charge in [-0.3, -0.25) is 38.4 Å². The zero-order chi connectivity index (χ0) is 56.0. The van der Waals surface area contributed by atoms with Crippen LogP contribution in [0.5, 0.6) is 0 Å². The Morgan fingerprint density at radius 1 is 0.333 bits per heavy atom. The van der Waals surface area contributed by atoms with Gasteiger partial charge in [0.1, 0.15) is 36.6 Å². The molecule has 10 N–H and O–H groups in total. The minimum atomic E-state index is -1.84. The van der Waals surface area contributed by atoms with E-state index in [-0.39, 0.29) is 59.6 Å². The Bertz CT molecular complexity index is 2110. The molecule has 8 amide bonds. The third-order valence-electron chi connectivity index (χ3n) is 19.7. The molecule has 9 rings (SSSR count). The van der Waals surface area contributed by atoms with Gasteiger partial charge in [0.05, 0.1) is 0 Å². The number of fused-ring (bicyclic) bond motifs is 16. The Labute approximate surface area is 455 Å². The van der Waals surface area contributed by atoms with Crippen LogP contribution in [0.15, 0.2) is 0 Å². The highest BCUT2D eigenvalue weighted by Gasteiger charge is 2.52. The van der Waals surface area contributed by atoms with Crippen LogP contribution >= 0.6 is 0 Å². The van der Waals surface area contributed by atoms with E-state index in [0.29, 0.717) is 128 Å². The summed E-state index contributed by atoms with van der Waals surface area (Å²) in [6.07, 6.45) is -7.50. The summed E-state index contributed by atoms with van der Waals surface area (Å²) in [5.41, 5.74) is 0. The zero-order valence-corrected chi connectivity index (χ0v) is 45.4. The molecule has 9 fully saturated rings. The molecule has 0 radical (unpaired) electrons. The monoisotopic (exact) mass is 1100 g/mol.